The van der Waals surface area contributed by atoms with Crippen LogP contribution in [-0.4, -0.2) is 60.9 Å². The van der Waals surface area contributed by atoms with Gasteiger partial charge in [0.25, 0.3) is 0 Å². The summed E-state index contributed by atoms with van der Waals surface area (Å²) >= 11 is 0. The Morgan fingerprint density at radius 1 is 1.50 bits per heavy atom. The van der Waals surface area contributed by atoms with Crippen molar-refractivity contribution in [3.8, 4) is 0 Å². The largest absolute Gasteiger partial charge is 0.337 e. The van der Waals surface area contributed by atoms with Gasteiger partial charge in [0.15, 0.2) is 0 Å². The number of piperazine rings is 1. The second-order valence-corrected chi connectivity index (χ2v) is 4.02. The zero-order valence-electron chi connectivity index (χ0n) is 10.0. The molecule has 0 aromatic heterocycles. The van der Waals surface area contributed by atoms with Crippen LogP contribution in [-0.2, 0) is 9.59 Å². The lowest BCUT2D eigenvalue weighted by Crippen LogP contribution is -2.54. The molecule has 2 amide bonds. The third-order valence-electron chi connectivity index (χ3n) is 2.73. The van der Waals surface area contributed by atoms with Gasteiger partial charge in [-0.25, -0.2) is 0 Å². The summed E-state index contributed by atoms with van der Waals surface area (Å²) in [6.45, 7) is 6.05. The van der Waals surface area contributed by atoms with Crippen molar-refractivity contribution in [2.45, 2.75) is 19.9 Å². The molecule has 6 heteroatoms. The molecular formula is C10H20ClN3O2. The van der Waals surface area contributed by atoms with Crippen LogP contribution < -0.4 is 5.32 Å². The number of carbonyl (C=O) groups is 2. The van der Waals surface area contributed by atoms with E-state index in [0.29, 0.717) is 0 Å². The molecule has 1 heterocycles. The first-order valence-electron chi connectivity index (χ1n) is 5.24. The topological polar surface area (TPSA) is 52.7 Å². The Balaban J connectivity index is 0.00000225. The van der Waals surface area contributed by atoms with Crippen LogP contribution in [0.4, 0.5) is 0 Å². The summed E-state index contributed by atoms with van der Waals surface area (Å²) in [7, 11) is 1.65. The summed E-state index contributed by atoms with van der Waals surface area (Å²) in [5, 5.41) is 3.22. The molecule has 1 saturated heterocycles. The summed E-state index contributed by atoms with van der Waals surface area (Å²) in [5.74, 6) is -0.0483. The number of rotatable bonds is 2. The molecule has 1 fully saturated rings. The van der Waals surface area contributed by atoms with E-state index in [-0.39, 0.29) is 36.8 Å². The molecule has 1 unspecified atom stereocenters. The van der Waals surface area contributed by atoms with E-state index in [4.69, 9.17) is 0 Å². The van der Waals surface area contributed by atoms with Gasteiger partial charge in [0.1, 0.15) is 0 Å². The molecule has 5 nitrogen and oxygen atoms in total. The van der Waals surface area contributed by atoms with Crippen molar-refractivity contribution in [2.75, 3.05) is 33.2 Å². The van der Waals surface area contributed by atoms with E-state index >= 15 is 0 Å². The van der Waals surface area contributed by atoms with Crippen LogP contribution in [0.25, 0.3) is 0 Å². The standard InChI is InChI=1S/C10H19N3O2.ClH/c1-8-6-11-4-5-13(8)10(15)7-12(3)9(2)14;/h8,11H,4-7H2,1-3H3;1H. The summed E-state index contributed by atoms with van der Waals surface area (Å²) in [6, 6.07) is 0.214. The van der Waals surface area contributed by atoms with Gasteiger partial charge < -0.3 is 15.1 Å². The van der Waals surface area contributed by atoms with Crippen molar-refractivity contribution in [3.05, 3.63) is 0 Å². The Bertz CT molecular complexity index is 260. The van der Waals surface area contributed by atoms with Crippen molar-refractivity contribution < 1.29 is 9.59 Å². The summed E-state index contributed by atoms with van der Waals surface area (Å²) in [5.41, 5.74) is 0. The lowest BCUT2D eigenvalue weighted by molar-refractivity contribution is -0.140. The van der Waals surface area contributed by atoms with E-state index in [1.54, 1.807) is 7.05 Å². The van der Waals surface area contributed by atoms with Crippen LogP contribution in [0, 0.1) is 0 Å². The Kier molecular flexibility index (Phi) is 6.36. The Hall–Kier alpha value is -0.810. The van der Waals surface area contributed by atoms with Crippen LogP contribution in [0.3, 0.4) is 0 Å². The Labute approximate surface area is 103 Å². The normalized spacial score (nSPS) is 19.9. The maximum absolute atomic E-state index is 11.8. The first kappa shape index (κ1) is 15.2. The van der Waals surface area contributed by atoms with Crippen molar-refractivity contribution in [2.24, 2.45) is 0 Å². The van der Waals surface area contributed by atoms with Crippen molar-refractivity contribution in [3.63, 3.8) is 0 Å². The molecule has 1 aliphatic rings. The number of hydrogen-bond donors (Lipinski definition) is 1. The first-order chi connectivity index (χ1) is 7.02. The van der Waals surface area contributed by atoms with Gasteiger partial charge in [0.2, 0.25) is 11.8 Å². The molecule has 16 heavy (non-hydrogen) atoms. The van der Waals surface area contributed by atoms with E-state index in [1.165, 1.54) is 11.8 Å². The molecule has 0 spiro atoms. The van der Waals surface area contributed by atoms with Gasteiger partial charge in [-0.2, -0.15) is 0 Å². The van der Waals surface area contributed by atoms with Crippen LogP contribution in [0.15, 0.2) is 0 Å². The molecule has 0 radical (unpaired) electrons. The smallest absolute Gasteiger partial charge is 0.242 e. The highest BCUT2D eigenvalue weighted by Crippen LogP contribution is 2.03. The van der Waals surface area contributed by atoms with Crippen molar-refractivity contribution >= 4 is 24.2 Å². The van der Waals surface area contributed by atoms with E-state index in [1.807, 2.05) is 11.8 Å². The maximum Gasteiger partial charge on any atom is 0.242 e. The number of likely N-dealkylation sites (N-methyl/N-ethyl adjacent to an activating group) is 1. The highest BCUT2D eigenvalue weighted by atomic mass is 35.5. The number of nitrogens with one attached hydrogen (secondary N) is 1. The zero-order valence-corrected chi connectivity index (χ0v) is 10.8. The van der Waals surface area contributed by atoms with Crippen molar-refractivity contribution in [1.82, 2.24) is 15.1 Å². The molecule has 1 aliphatic heterocycles. The van der Waals surface area contributed by atoms with Crippen LogP contribution in [0.1, 0.15) is 13.8 Å². The zero-order chi connectivity index (χ0) is 11.4. The fraction of sp³-hybridized carbons (Fsp3) is 0.800. The fourth-order valence-corrected chi connectivity index (χ4v) is 1.62. The third-order valence-corrected chi connectivity index (χ3v) is 2.73. The first-order valence-corrected chi connectivity index (χ1v) is 5.24. The minimum absolute atomic E-state index is 0. The number of nitrogens with zero attached hydrogens (tertiary/aromatic N) is 2. The highest BCUT2D eigenvalue weighted by Gasteiger charge is 2.23. The quantitative estimate of drug-likeness (QED) is 0.732. The van der Waals surface area contributed by atoms with Gasteiger partial charge in [0, 0.05) is 39.6 Å². The summed E-state index contributed by atoms with van der Waals surface area (Å²) in [6.07, 6.45) is 0. The molecule has 0 aromatic rings. The molecule has 1 N–H and O–H groups in total. The minimum Gasteiger partial charge on any atom is -0.337 e. The van der Waals surface area contributed by atoms with Gasteiger partial charge in [-0.1, -0.05) is 0 Å². The lowest BCUT2D eigenvalue weighted by atomic mass is 10.2. The Morgan fingerprint density at radius 3 is 2.62 bits per heavy atom. The molecule has 1 rings (SSSR count). The SMILES string of the molecule is CC(=O)N(C)CC(=O)N1CCNCC1C.Cl. The van der Waals surface area contributed by atoms with E-state index in [2.05, 4.69) is 5.32 Å². The van der Waals surface area contributed by atoms with Crippen LogP contribution >= 0.6 is 12.4 Å². The van der Waals surface area contributed by atoms with E-state index in [9.17, 15) is 9.59 Å². The number of amides is 2. The molecular weight excluding hydrogens is 230 g/mol. The highest BCUT2D eigenvalue weighted by molar-refractivity contribution is 5.85. The van der Waals surface area contributed by atoms with Crippen molar-refractivity contribution in [1.29, 1.82) is 0 Å². The van der Waals surface area contributed by atoms with Gasteiger partial charge in [-0.05, 0) is 6.92 Å². The van der Waals surface area contributed by atoms with Crippen LogP contribution in [0.5, 0.6) is 0 Å². The lowest BCUT2D eigenvalue weighted by Gasteiger charge is -2.34. The molecule has 0 aromatic carbocycles. The fourth-order valence-electron chi connectivity index (χ4n) is 1.62. The van der Waals surface area contributed by atoms with Gasteiger partial charge >= 0.3 is 0 Å². The maximum atomic E-state index is 11.8. The second kappa shape index (κ2) is 6.70. The number of carbonyl (C=O) groups excluding carboxylic acids is 2. The molecule has 0 saturated carbocycles. The third kappa shape index (κ3) is 3.98. The van der Waals surface area contributed by atoms with Gasteiger partial charge in [0.05, 0.1) is 6.54 Å². The molecule has 94 valence electrons. The molecule has 0 bridgehead atoms. The summed E-state index contributed by atoms with van der Waals surface area (Å²) < 4.78 is 0. The monoisotopic (exact) mass is 249 g/mol. The Morgan fingerprint density at radius 2 is 2.12 bits per heavy atom. The average molecular weight is 250 g/mol. The van der Waals surface area contributed by atoms with E-state index < -0.39 is 0 Å². The average Bonchev–Trinajstić information content (AvgIpc) is 2.18. The van der Waals surface area contributed by atoms with Gasteiger partial charge in [-0.15, -0.1) is 12.4 Å². The predicted octanol–water partition coefficient (Wildman–Crippen LogP) is -0.293. The second-order valence-electron chi connectivity index (χ2n) is 4.02. The number of hydrogen-bond acceptors (Lipinski definition) is 3. The predicted molar refractivity (Wildman–Crippen MR) is 64.6 cm³/mol. The minimum atomic E-state index is -0.0777. The number of halogens is 1. The summed E-state index contributed by atoms with van der Waals surface area (Å²) in [4.78, 5) is 26.1. The molecule has 1 atom stereocenters. The van der Waals surface area contributed by atoms with E-state index in [0.717, 1.165) is 19.6 Å². The van der Waals surface area contributed by atoms with Gasteiger partial charge in [-0.3, -0.25) is 9.59 Å². The molecule has 0 aliphatic carbocycles. The van der Waals surface area contributed by atoms with Crippen LogP contribution in [0.2, 0.25) is 0 Å².